The Hall–Kier alpha value is -2.49. The first-order chi connectivity index (χ1) is 14.7. The Labute approximate surface area is 178 Å². The standard InChI is InChI=1S/C26H33NO3/c1-2-3-4-5-6-9-16-27-23-11-8-7-10-21(23)22-18-19(12-14-24(22)27)17-20-13-15-25(30-20)26(28)29/h12-15,18H,2-11,16-17H2,1H3,(H,28,29). The van der Waals surface area contributed by atoms with Crippen LogP contribution in [0.3, 0.4) is 0 Å². The quantitative estimate of drug-likeness (QED) is 0.378. The lowest BCUT2D eigenvalue weighted by molar-refractivity contribution is 0.0660. The molecule has 0 fully saturated rings. The van der Waals surface area contributed by atoms with Crippen LogP contribution >= 0.6 is 0 Å². The zero-order valence-electron chi connectivity index (χ0n) is 18.1. The zero-order chi connectivity index (χ0) is 20.9. The van der Waals surface area contributed by atoms with Crippen molar-refractivity contribution in [2.45, 2.75) is 84.1 Å². The van der Waals surface area contributed by atoms with Crippen LogP contribution in [-0.2, 0) is 25.8 Å². The molecule has 0 aliphatic heterocycles. The number of hydrogen-bond acceptors (Lipinski definition) is 2. The number of aryl methyl sites for hydroxylation is 2. The van der Waals surface area contributed by atoms with Crippen LogP contribution in [0, 0.1) is 0 Å². The molecule has 4 heteroatoms. The van der Waals surface area contributed by atoms with Gasteiger partial charge >= 0.3 is 5.97 Å². The van der Waals surface area contributed by atoms with Crippen molar-refractivity contribution in [3.05, 3.63) is 58.7 Å². The number of aromatic carboxylic acids is 1. The van der Waals surface area contributed by atoms with Crippen molar-refractivity contribution in [1.29, 1.82) is 0 Å². The van der Waals surface area contributed by atoms with E-state index in [4.69, 9.17) is 9.52 Å². The first-order valence-electron chi connectivity index (χ1n) is 11.6. The van der Waals surface area contributed by atoms with E-state index in [0.717, 1.165) is 6.54 Å². The van der Waals surface area contributed by atoms with E-state index in [0.29, 0.717) is 12.2 Å². The number of carbonyl (C=O) groups is 1. The fourth-order valence-corrected chi connectivity index (χ4v) is 4.89. The summed E-state index contributed by atoms with van der Waals surface area (Å²) in [6.07, 6.45) is 13.5. The van der Waals surface area contributed by atoms with E-state index >= 15 is 0 Å². The summed E-state index contributed by atoms with van der Waals surface area (Å²) in [5.74, 6) is -0.307. The van der Waals surface area contributed by atoms with Crippen LogP contribution in [0.2, 0.25) is 0 Å². The summed E-state index contributed by atoms with van der Waals surface area (Å²) >= 11 is 0. The van der Waals surface area contributed by atoms with Gasteiger partial charge in [-0.25, -0.2) is 4.79 Å². The molecule has 0 atom stereocenters. The van der Waals surface area contributed by atoms with Gasteiger partial charge in [0.1, 0.15) is 5.76 Å². The van der Waals surface area contributed by atoms with Crippen molar-refractivity contribution in [3.63, 3.8) is 0 Å². The van der Waals surface area contributed by atoms with Crippen LogP contribution < -0.4 is 0 Å². The van der Waals surface area contributed by atoms with Gasteiger partial charge in [0.2, 0.25) is 5.76 Å². The lowest BCUT2D eigenvalue weighted by Crippen LogP contribution is -2.08. The molecule has 1 aliphatic carbocycles. The minimum absolute atomic E-state index is 0.00791. The molecular formula is C26H33NO3. The van der Waals surface area contributed by atoms with E-state index in [1.807, 2.05) is 0 Å². The van der Waals surface area contributed by atoms with Gasteiger partial charge in [-0.1, -0.05) is 45.1 Å². The number of aromatic nitrogens is 1. The number of benzene rings is 1. The molecule has 1 N–H and O–H groups in total. The fourth-order valence-electron chi connectivity index (χ4n) is 4.89. The summed E-state index contributed by atoms with van der Waals surface area (Å²) in [5.41, 5.74) is 5.63. The van der Waals surface area contributed by atoms with Crippen molar-refractivity contribution in [3.8, 4) is 0 Å². The number of fused-ring (bicyclic) bond motifs is 3. The average Bonchev–Trinajstić information content (AvgIpc) is 3.34. The van der Waals surface area contributed by atoms with Crippen LogP contribution in [0.5, 0.6) is 0 Å². The summed E-state index contributed by atoms with van der Waals surface area (Å²) < 4.78 is 8.05. The molecule has 0 bridgehead atoms. The van der Waals surface area contributed by atoms with Gasteiger partial charge in [0.05, 0.1) is 0 Å². The number of nitrogens with zero attached hydrogens (tertiary/aromatic N) is 1. The highest BCUT2D eigenvalue weighted by molar-refractivity contribution is 5.87. The van der Waals surface area contributed by atoms with Crippen LogP contribution in [-0.4, -0.2) is 15.6 Å². The maximum Gasteiger partial charge on any atom is 0.371 e. The number of unbranched alkanes of at least 4 members (excludes halogenated alkanes) is 5. The predicted octanol–water partition coefficient (Wildman–Crippen LogP) is 6.76. The van der Waals surface area contributed by atoms with E-state index in [1.54, 1.807) is 11.8 Å². The Morgan fingerprint density at radius 1 is 1.03 bits per heavy atom. The molecule has 0 amide bonds. The number of furan rings is 1. The maximum absolute atomic E-state index is 11.1. The molecule has 3 aromatic rings. The first-order valence-corrected chi connectivity index (χ1v) is 11.6. The molecule has 0 unspecified atom stereocenters. The second-order valence-electron chi connectivity index (χ2n) is 8.65. The molecule has 2 aromatic heterocycles. The summed E-state index contributed by atoms with van der Waals surface area (Å²) in [6, 6.07) is 10.1. The van der Waals surface area contributed by atoms with Gasteiger partial charge in [0.25, 0.3) is 0 Å². The third-order valence-electron chi connectivity index (χ3n) is 6.43. The molecule has 1 aromatic carbocycles. The van der Waals surface area contributed by atoms with Crippen molar-refractivity contribution in [2.75, 3.05) is 0 Å². The third kappa shape index (κ3) is 4.48. The number of carboxylic acids is 1. The van der Waals surface area contributed by atoms with Crippen LogP contribution in [0.1, 0.15) is 91.4 Å². The molecule has 160 valence electrons. The summed E-state index contributed by atoms with van der Waals surface area (Å²) in [5, 5.41) is 10.5. The average molecular weight is 408 g/mol. The monoisotopic (exact) mass is 407 g/mol. The minimum Gasteiger partial charge on any atom is -0.475 e. The molecule has 4 nitrogen and oxygen atoms in total. The Bertz CT molecular complexity index is 1010. The van der Waals surface area contributed by atoms with Gasteiger partial charge in [0, 0.05) is 29.6 Å². The van der Waals surface area contributed by atoms with Crippen molar-refractivity contribution < 1.29 is 14.3 Å². The molecule has 0 saturated heterocycles. The fraction of sp³-hybridized carbons (Fsp3) is 0.500. The van der Waals surface area contributed by atoms with Crippen LogP contribution in [0.25, 0.3) is 10.9 Å². The Balaban J connectivity index is 1.54. The molecule has 1 aliphatic rings. The predicted molar refractivity (Wildman–Crippen MR) is 120 cm³/mol. The molecule has 4 rings (SSSR count). The lowest BCUT2D eigenvalue weighted by Gasteiger charge is -2.16. The number of rotatable bonds is 10. The zero-order valence-corrected chi connectivity index (χ0v) is 18.1. The SMILES string of the molecule is CCCCCCCCn1c2c(c3cc(Cc4ccc(C(=O)O)o4)ccc31)CCCC2. The van der Waals surface area contributed by atoms with Gasteiger partial charge < -0.3 is 14.1 Å². The second-order valence-corrected chi connectivity index (χ2v) is 8.65. The molecule has 0 spiro atoms. The first kappa shape index (κ1) is 20.8. The Kier molecular flexibility index (Phi) is 6.61. The van der Waals surface area contributed by atoms with E-state index in [2.05, 4.69) is 29.7 Å². The lowest BCUT2D eigenvalue weighted by atomic mass is 9.94. The topological polar surface area (TPSA) is 55.4 Å². The summed E-state index contributed by atoms with van der Waals surface area (Å²) in [4.78, 5) is 11.1. The second kappa shape index (κ2) is 9.55. The van der Waals surface area contributed by atoms with Crippen molar-refractivity contribution in [1.82, 2.24) is 4.57 Å². The maximum atomic E-state index is 11.1. The number of hydrogen-bond donors (Lipinski definition) is 1. The molecule has 2 heterocycles. The highest BCUT2D eigenvalue weighted by Gasteiger charge is 2.20. The van der Waals surface area contributed by atoms with Crippen molar-refractivity contribution >= 4 is 16.9 Å². The van der Waals surface area contributed by atoms with E-state index in [9.17, 15) is 4.79 Å². The van der Waals surface area contributed by atoms with Crippen LogP contribution in [0.4, 0.5) is 0 Å². The molecular weight excluding hydrogens is 374 g/mol. The van der Waals surface area contributed by atoms with Crippen LogP contribution in [0.15, 0.2) is 34.7 Å². The molecule has 30 heavy (non-hydrogen) atoms. The Morgan fingerprint density at radius 3 is 2.63 bits per heavy atom. The smallest absolute Gasteiger partial charge is 0.371 e. The molecule has 0 saturated carbocycles. The van der Waals surface area contributed by atoms with Gasteiger partial charge in [0.15, 0.2) is 0 Å². The van der Waals surface area contributed by atoms with Gasteiger partial charge in [-0.05, 0) is 67.5 Å². The highest BCUT2D eigenvalue weighted by Crippen LogP contribution is 2.33. The van der Waals surface area contributed by atoms with Gasteiger partial charge in [-0.3, -0.25) is 0 Å². The number of carboxylic acid groups (broad SMARTS) is 1. The molecule has 0 radical (unpaired) electrons. The van der Waals surface area contributed by atoms with Crippen molar-refractivity contribution in [2.24, 2.45) is 0 Å². The van der Waals surface area contributed by atoms with Gasteiger partial charge in [-0.2, -0.15) is 0 Å². The third-order valence-corrected chi connectivity index (χ3v) is 6.43. The van der Waals surface area contributed by atoms with E-state index in [-0.39, 0.29) is 5.76 Å². The summed E-state index contributed by atoms with van der Waals surface area (Å²) in [6.45, 7) is 3.39. The van der Waals surface area contributed by atoms with Gasteiger partial charge in [-0.15, -0.1) is 0 Å². The highest BCUT2D eigenvalue weighted by atomic mass is 16.4. The largest absolute Gasteiger partial charge is 0.475 e. The van der Waals surface area contributed by atoms with E-state index < -0.39 is 5.97 Å². The minimum atomic E-state index is -1.02. The van der Waals surface area contributed by atoms with E-state index in [1.165, 1.54) is 92.3 Å². The normalized spacial score (nSPS) is 13.6. The summed E-state index contributed by atoms with van der Waals surface area (Å²) in [7, 11) is 0. The Morgan fingerprint density at radius 2 is 1.83 bits per heavy atom.